The van der Waals surface area contributed by atoms with Gasteiger partial charge in [-0.25, -0.2) is 13.1 Å². The molecule has 0 unspecified atom stereocenters. The lowest BCUT2D eigenvalue weighted by Crippen LogP contribution is -2.25. The molecule has 0 heterocycles. The lowest BCUT2D eigenvalue weighted by molar-refractivity contribution is 0.354. The molecule has 0 fully saturated rings. The van der Waals surface area contributed by atoms with Crippen molar-refractivity contribution in [2.24, 2.45) is 0 Å². The maximum atomic E-state index is 12.3. The highest BCUT2D eigenvalue weighted by atomic mass is 35.5. The standard InChI is InChI=1S/C17H20ClNO4S/c1-22-16-10-9-15(12-17(16)23-2)24(20,21)19-11-3-4-13-5-7-14(18)8-6-13/h5-10,12,19H,3-4,11H2,1-2H3. The van der Waals surface area contributed by atoms with Crippen LogP contribution in [0.5, 0.6) is 11.5 Å². The molecule has 0 aliphatic rings. The molecular formula is C17H20ClNO4S. The molecule has 0 bridgehead atoms. The van der Waals surface area contributed by atoms with Gasteiger partial charge >= 0.3 is 0 Å². The molecule has 0 atom stereocenters. The molecule has 0 aliphatic heterocycles. The Balaban J connectivity index is 1.94. The van der Waals surface area contributed by atoms with Crippen LogP contribution in [0.4, 0.5) is 0 Å². The molecule has 7 heteroatoms. The van der Waals surface area contributed by atoms with Crippen molar-refractivity contribution < 1.29 is 17.9 Å². The summed E-state index contributed by atoms with van der Waals surface area (Å²) in [6.07, 6.45) is 1.46. The topological polar surface area (TPSA) is 64.6 Å². The third-order valence-corrected chi connectivity index (χ3v) is 5.22. The average molecular weight is 370 g/mol. The number of sulfonamides is 1. The van der Waals surface area contributed by atoms with E-state index in [0.717, 1.165) is 12.0 Å². The minimum absolute atomic E-state index is 0.145. The third kappa shape index (κ3) is 4.87. The van der Waals surface area contributed by atoms with Gasteiger partial charge in [-0.05, 0) is 42.7 Å². The molecule has 24 heavy (non-hydrogen) atoms. The van der Waals surface area contributed by atoms with Crippen molar-refractivity contribution in [1.82, 2.24) is 4.72 Å². The van der Waals surface area contributed by atoms with E-state index in [9.17, 15) is 8.42 Å². The second-order valence-corrected chi connectivity index (χ2v) is 7.35. The zero-order chi connectivity index (χ0) is 17.6. The van der Waals surface area contributed by atoms with Crippen LogP contribution in [0.2, 0.25) is 5.02 Å². The Kier molecular flexibility index (Phi) is 6.48. The summed E-state index contributed by atoms with van der Waals surface area (Å²) in [4.78, 5) is 0.145. The van der Waals surface area contributed by atoms with Gasteiger partial charge in [0.1, 0.15) is 0 Å². The van der Waals surface area contributed by atoms with Crippen molar-refractivity contribution in [3.63, 3.8) is 0 Å². The Morgan fingerprint density at radius 3 is 2.29 bits per heavy atom. The molecule has 5 nitrogen and oxygen atoms in total. The Bertz CT molecular complexity index is 776. The van der Waals surface area contributed by atoms with Crippen LogP contribution in [-0.2, 0) is 16.4 Å². The van der Waals surface area contributed by atoms with Crippen molar-refractivity contribution in [1.29, 1.82) is 0 Å². The largest absolute Gasteiger partial charge is 0.493 e. The summed E-state index contributed by atoms with van der Waals surface area (Å²) in [5, 5.41) is 0.688. The first-order valence-corrected chi connectivity index (χ1v) is 9.28. The first-order valence-electron chi connectivity index (χ1n) is 7.42. The van der Waals surface area contributed by atoms with E-state index >= 15 is 0 Å². The molecule has 0 saturated carbocycles. The predicted molar refractivity (Wildman–Crippen MR) is 94.5 cm³/mol. The molecule has 2 aromatic rings. The van der Waals surface area contributed by atoms with E-state index in [2.05, 4.69) is 4.72 Å². The van der Waals surface area contributed by atoms with Crippen LogP contribution in [0.3, 0.4) is 0 Å². The molecule has 0 aliphatic carbocycles. The summed E-state index contributed by atoms with van der Waals surface area (Å²) in [6.45, 7) is 0.347. The Morgan fingerprint density at radius 1 is 1.00 bits per heavy atom. The third-order valence-electron chi connectivity index (χ3n) is 3.51. The summed E-state index contributed by atoms with van der Waals surface area (Å²) in [6, 6.07) is 12.0. The Morgan fingerprint density at radius 2 is 1.67 bits per heavy atom. The fourth-order valence-corrected chi connectivity index (χ4v) is 3.43. The zero-order valence-electron chi connectivity index (χ0n) is 13.6. The smallest absolute Gasteiger partial charge is 0.240 e. The van der Waals surface area contributed by atoms with E-state index in [1.165, 1.54) is 26.4 Å². The number of rotatable bonds is 8. The first-order chi connectivity index (χ1) is 11.5. The van der Waals surface area contributed by atoms with Crippen LogP contribution in [0.25, 0.3) is 0 Å². The summed E-state index contributed by atoms with van der Waals surface area (Å²) < 4.78 is 37.5. The van der Waals surface area contributed by atoms with E-state index in [1.807, 2.05) is 24.3 Å². The number of methoxy groups -OCH3 is 2. The highest BCUT2D eigenvalue weighted by molar-refractivity contribution is 7.89. The van der Waals surface area contributed by atoms with E-state index in [4.69, 9.17) is 21.1 Å². The number of aryl methyl sites for hydroxylation is 1. The molecule has 0 aromatic heterocycles. The SMILES string of the molecule is COc1ccc(S(=O)(=O)NCCCc2ccc(Cl)cc2)cc1OC. The van der Waals surface area contributed by atoms with Crippen LogP contribution in [0.1, 0.15) is 12.0 Å². The zero-order valence-corrected chi connectivity index (χ0v) is 15.2. The normalized spacial score (nSPS) is 11.3. The van der Waals surface area contributed by atoms with Gasteiger partial charge in [-0.1, -0.05) is 23.7 Å². The van der Waals surface area contributed by atoms with Gasteiger partial charge in [-0.15, -0.1) is 0 Å². The summed E-state index contributed by atoms with van der Waals surface area (Å²) in [7, 11) is -0.619. The number of halogens is 1. The number of hydrogen-bond donors (Lipinski definition) is 1. The summed E-state index contributed by atoms with van der Waals surface area (Å²) >= 11 is 5.84. The van der Waals surface area contributed by atoms with Gasteiger partial charge in [0.05, 0.1) is 19.1 Å². The van der Waals surface area contributed by atoms with Crippen molar-refractivity contribution in [2.45, 2.75) is 17.7 Å². The van der Waals surface area contributed by atoms with E-state index in [-0.39, 0.29) is 4.90 Å². The minimum Gasteiger partial charge on any atom is -0.493 e. The van der Waals surface area contributed by atoms with Crippen LogP contribution in [0.15, 0.2) is 47.4 Å². The van der Waals surface area contributed by atoms with Crippen LogP contribution >= 0.6 is 11.6 Å². The Hall–Kier alpha value is -1.76. The number of ether oxygens (including phenoxy) is 2. The lowest BCUT2D eigenvalue weighted by Gasteiger charge is -2.11. The fourth-order valence-electron chi connectivity index (χ4n) is 2.22. The maximum Gasteiger partial charge on any atom is 0.240 e. The lowest BCUT2D eigenvalue weighted by atomic mass is 10.1. The fraction of sp³-hybridized carbons (Fsp3) is 0.294. The molecule has 130 valence electrons. The predicted octanol–water partition coefficient (Wildman–Crippen LogP) is 3.27. The molecule has 0 radical (unpaired) electrons. The van der Waals surface area contributed by atoms with Gasteiger partial charge in [0.15, 0.2) is 11.5 Å². The maximum absolute atomic E-state index is 12.3. The van der Waals surface area contributed by atoms with Gasteiger partial charge in [-0.3, -0.25) is 0 Å². The molecule has 1 N–H and O–H groups in total. The molecule has 0 amide bonds. The van der Waals surface area contributed by atoms with Crippen LogP contribution in [-0.4, -0.2) is 29.2 Å². The van der Waals surface area contributed by atoms with Crippen molar-refractivity contribution >= 4 is 21.6 Å². The monoisotopic (exact) mass is 369 g/mol. The van der Waals surface area contributed by atoms with E-state index in [0.29, 0.717) is 29.5 Å². The minimum atomic E-state index is -3.59. The summed E-state index contributed by atoms with van der Waals surface area (Å²) in [5.74, 6) is 0.862. The average Bonchev–Trinajstić information content (AvgIpc) is 2.59. The van der Waals surface area contributed by atoms with E-state index in [1.54, 1.807) is 6.07 Å². The van der Waals surface area contributed by atoms with Gasteiger partial charge in [0, 0.05) is 17.6 Å². The van der Waals surface area contributed by atoms with Crippen LogP contribution < -0.4 is 14.2 Å². The second-order valence-electron chi connectivity index (χ2n) is 5.14. The van der Waals surface area contributed by atoms with Crippen molar-refractivity contribution in [3.8, 4) is 11.5 Å². The number of hydrogen-bond acceptors (Lipinski definition) is 4. The number of nitrogens with one attached hydrogen (secondary N) is 1. The van der Waals surface area contributed by atoms with E-state index < -0.39 is 10.0 Å². The quantitative estimate of drug-likeness (QED) is 0.725. The highest BCUT2D eigenvalue weighted by Gasteiger charge is 2.16. The van der Waals surface area contributed by atoms with Gasteiger partial charge in [-0.2, -0.15) is 0 Å². The van der Waals surface area contributed by atoms with Crippen LogP contribution in [0, 0.1) is 0 Å². The highest BCUT2D eigenvalue weighted by Crippen LogP contribution is 2.29. The first kappa shape index (κ1) is 18.6. The molecular weight excluding hydrogens is 350 g/mol. The van der Waals surface area contributed by atoms with Gasteiger partial charge in [0.2, 0.25) is 10.0 Å². The molecule has 0 saturated heterocycles. The van der Waals surface area contributed by atoms with Crippen molar-refractivity contribution in [3.05, 3.63) is 53.1 Å². The molecule has 2 aromatic carbocycles. The van der Waals surface area contributed by atoms with Gasteiger partial charge < -0.3 is 9.47 Å². The second kappa shape index (κ2) is 8.37. The molecule has 2 rings (SSSR count). The van der Waals surface area contributed by atoms with Crippen molar-refractivity contribution in [2.75, 3.05) is 20.8 Å². The number of benzene rings is 2. The Labute approximate surface area is 147 Å². The molecule has 0 spiro atoms. The van der Waals surface area contributed by atoms with Gasteiger partial charge in [0.25, 0.3) is 0 Å². The summed E-state index contributed by atoms with van der Waals surface area (Å²) in [5.41, 5.74) is 1.12.